The predicted octanol–water partition coefficient (Wildman–Crippen LogP) is 0.911. The molecule has 0 aromatic carbocycles. The maximum atomic E-state index is 12.2. The van der Waals surface area contributed by atoms with Gasteiger partial charge in [0.1, 0.15) is 0 Å². The van der Waals surface area contributed by atoms with E-state index < -0.39 is 0 Å². The molecule has 100 valence electrons. The van der Waals surface area contributed by atoms with Gasteiger partial charge >= 0.3 is 0 Å². The number of likely N-dealkylation sites (N-methyl/N-ethyl adjacent to an activating group) is 1. The third-order valence-corrected chi connectivity index (χ3v) is 4.08. The quantitative estimate of drug-likeness (QED) is 0.799. The van der Waals surface area contributed by atoms with Crippen molar-refractivity contribution in [1.82, 2.24) is 9.80 Å². The van der Waals surface area contributed by atoms with Crippen LogP contribution in [0.15, 0.2) is 0 Å². The summed E-state index contributed by atoms with van der Waals surface area (Å²) in [6.07, 6.45) is 2.09. The van der Waals surface area contributed by atoms with Crippen molar-refractivity contribution in [3.8, 4) is 0 Å². The van der Waals surface area contributed by atoms with Crippen LogP contribution in [-0.2, 0) is 4.79 Å². The summed E-state index contributed by atoms with van der Waals surface area (Å²) in [5.74, 6) is 0.287. The molecule has 0 unspecified atom stereocenters. The molecule has 17 heavy (non-hydrogen) atoms. The van der Waals surface area contributed by atoms with E-state index in [2.05, 4.69) is 18.9 Å². The Morgan fingerprint density at radius 3 is 2.53 bits per heavy atom. The Morgan fingerprint density at radius 1 is 1.47 bits per heavy atom. The van der Waals surface area contributed by atoms with Crippen LogP contribution in [0, 0.1) is 5.92 Å². The van der Waals surface area contributed by atoms with Gasteiger partial charge in [0.15, 0.2) is 0 Å². The van der Waals surface area contributed by atoms with Gasteiger partial charge in [0.05, 0.1) is 6.04 Å². The largest absolute Gasteiger partial charge is 0.341 e. The first-order valence-electron chi connectivity index (χ1n) is 6.57. The molecular formula is C13H27N3O. The third kappa shape index (κ3) is 3.42. The zero-order chi connectivity index (χ0) is 13.2. The van der Waals surface area contributed by atoms with E-state index in [4.69, 9.17) is 5.73 Å². The van der Waals surface area contributed by atoms with Crippen molar-refractivity contribution >= 4 is 5.91 Å². The minimum Gasteiger partial charge on any atom is -0.341 e. The molecule has 0 bridgehead atoms. The van der Waals surface area contributed by atoms with E-state index in [9.17, 15) is 4.79 Å². The topological polar surface area (TPSA) is 49.6 Å². The second-order valence-corrected chi connectivity index (χ2v) is 5.73. The van der Waals surface area contributed by atoms with E-state index in [0.29, 0.717) is 12.1 Å². The number of carbonyl (C=O) groups excluding carboxylic acids is 1. The Kier molecular flexibility index (Phi) is 4.95. The monoisotopic (exact) mass is 241 g/mol. The van der Waals surface area contributed by atoms with E-state index in [-0.39, 0.29) is 17.9 Å². The molecule has 0 aromatic rings. The van der Waals surface area contributed by atoms with Gasteiger partial charge in [0.25, 0.3) is 0 Å². The Hall–Kier alpha value is -0.610. The number of piperidine rings is 1. The van der Waals surface area contributed by atoms with Crippen LogP contribution in [0.5, 0.6) is 0 Å². The smallest absolute Gasteiger partial charge is 0.239 e. The van der Waals surface area contributed by atoms with Gasteiger partial charge in [-0.3, -0.25) is 4.79 Å². The van der Waals surface area contributed by atoms with Crippen LogP contribution in [0.3, 0.4) is 0 Å². The van der Waals surface area contributed by atoms with Crippen LogP contribution < -0.4 is 5.73 Å². The van der Waals surface area contributed by atoms with Gasteiger partial charge in [-0.25, -0.2) is 0 Å². The summed E-state index contributed by atoms with van der Waals surface area (Å²) in [6, 6.07) is 0.521. The van der Waals surface area contributed by atoms with Crippen molar-refractivity contribution < 1.29 is 4.79 Å². The average molecular weight is 241 g/mol. The molecule has 2 N–H and O–H groups in total. The van der Waals surface area contributed by atoms with E-state index in [1.165, 1.54) is 0 Å². The summed E-state index contributed by atoms with van der Waals surface area (Å²) < 4.78 is 0. The first-order valence-corrected chi connectivity index (χ1v) is 6.57. The lowest BCUT2D eigenvalue weighted by atomic mass is 9.96. The van der Waals surface area contributed by atoms with Crippen molar-refractivity contribution in [2.24, 2.45) is 11.7 Å². The first-order chi connectivity index (χ1) is 7.84. The number of rotatable bonds is 3. The lowest BCUT2D eigenvalue weighted by molar-refractivity contribution is -0.135. The van der Waals surface area contributed by atoms with Crippen LogP contribution >= 0.6 is 0 Å². The molecule has 4 heteroatoms. The Balaban J connectivity index is 2.58. The van der Waals surface area contributed by atoms with Crippen molar-refractivity contribution in [2.75, 3.05) is 20.6 Å². The van der Waals surface area contributed by atoms with E-state index >= 15 is 0 Å². The van der Waals surface area contributed by atoms with Crippen molar-refractivity contribution in [2.45, 2.75) is 51.7 Å². The predicted molar refractivity (Wildman–Crippen MR) is 70.7 cm³/mol. The lowest BCUT2D eigenvalue weighted by Crippen LogP contribution is -2.53. The lowest BCUT2D eigenvalue weighted by Gasteiger charge is -2.40. The van der Waals surface area contributed by atoms with Gasteiger partial charge in [-0.2, -0.15) is 0 Å². The van der Waals surface area contributed by atoms with Crippen molar-refractivity contribution in [1.29, 1.82) is 0 Å². The summed E-state index contributed by atoms with van der Waals surface area (Å²) in [5.41, 5.74) is 5.93. The van der Waals surface area contributed by atoms with Crippen molar-refractivity contribution in [3.63, 3.8) is 0 Å². The fourth-order valence-corrected chi connectivity index (χ4v) is 2.32. The van der Waals surface area contributed by atoms with Gasteiger partial charge in [-0.15, -0.1) is 0 Å². The molecule has 4 nitrogen and oxygen atoms in total. The van der Waals surface area contributed by atoms with Gasteiger partial charge in [0.2, 0.25) is 5.91 Å². The number of hydrogen-bond acceptors (Lipinski definition) is 3. The Morgan fingerprint density at radius 2 is 2.06 bits per heavy atom. The number of nitrogens with zero attached hydrogens (tertiary/aromatic N) is 2. The summed E-state index contributed by atoms with van der Waals surface area (Å²) >= 11 is 0. The second kappa shape index (κ2) is 5.83. The van der Waals surface area contributed by atoms with E-state index in [1.54, 1.807) is 0 Å². The molecule has 1 rings (SSSR count). The molecule has 0 aromatic heterocycles. The molecule has 1 saturated heterocycles. The number of nitrogens with two attached hydrogens (primary N) is 1. The minimum atomic E-state index is -0.366. The molecule has 1 fully saturated rings. The molecular weight excluding hydrogens is 214 g/mol. The van der Waals surface area contributed by atoms with Gasteiger partial charge < -0.3 is 15.5 Å². The summed E-state index contributed by atoms with van der Waals surface area (Å²) in [7, 11) is 4.04. The molecule has 3 atom stereocenters. The molecule has 0 aliphatic carbocycles. The number of amides is 1. The van der Waals surface area contributed by atoms with Crippen LogP contribution in [0.4, 0.5) is 0 Å². The number of carbonyl (C=O) groups is 1. The SMILES string of the molecule is CC(C)[C@H](N)C(=O)N(C)[C@H]1CCN(C)[C@H](C)C1. The Labute approximate surface area is 105 Å². The van der Waals surface area contributed by atoms with E-state index in [1.807, 2.05) is 25.8 Å². The molecule has 1 heterocycles. The zero-order valence-corrected chi connectivity index (χ0v) is 11.8. The maximum absolute atomic E-state index is 12.2. The standard InChI is InChI=1S/C13H27N3O/c1-9(2)12(14)13(17)16(5)11-6-7-15(4)10(3)8-11/h9-12H,6-8,14H2,1-5H3/t10-,11+,12+/m1/s1. The summed E-state index contributed by atoms with van der Waals surface area (Å²) in [5, 5.41) is 0. The molecule has 1 aliphatic heterocycles. The van der Waals surface area contributed by atoms with Crippen LogP contribution in [-0.4, -0.2) is 54.5 Å². The number of likely N-dealkylation sites (tertiary alicyclic amines) is 1. The second-order valence-electron chi connectivity index (χ2n) is 5.73. The molecule has 0 saturated carbocycles. The maximum Gasteiger partial charge on any atom is 0.239 e. The highest BCUT2D eigenvalue weighted by Crippen LogP contribution is 2.20. The summed E-state index contributed by atoms with van der Waals surface area (Å²) in [6.45, 7) is 7.26. The number of hydrogen-bond donors (Lipinski definition) is 1. The van der Waals surface area contributed by atoms with Crippen molar-refractivity contribution in [3.05, 3.63) is 0 Å². The molecule has 1 aliphatic rings. The van der Waals surface area contributed by atoms with Gasteiger partial charge in [-0.05, 0) is 32.7 Å². The van der Waals surface area contributed by atoms with Crippen LogP contribution in [0.1, 0.15) is 33.6 Å². The molecule has 0 spiro atoms. The van der Waals surface area contributed by atoms with Crippen LogP contribution in [0.2, 0.25) is 0 Å². The molecule has 1 amide bonds. The molecule has 0 radical (unpaired) electrons. The van der Waals surface area contributed by atoms with Crippen LogP contribution in [0.25, 0.3) is 0 Å². The highest BCUT2D eigenvalue weighted by atomic mass is 16.2. The zero-order valence-electron chi connectivity index (χ0n) is 11.8. The van der Waals surface area contributed by atoms with Gasteiger partial charge in [-0.1, -0.05) is 13.8 Å². The highest BCUT2D eigenvalue weighted by molar-refractivity contribution is 5.82. The average Bonchev–Trinajstić information content (AvgIpc) is 2.29. The Bertz CT molecular complexity index is 267. The van der Waals surface area contributed by atoms with E-state index in [0.717, 1.165) is 19.4 Å². The first kappa shape index (κ1) is 14.5. The van der Waals surface area contributed by atoms with Gasteiger partial charge in [0, 0.05) is 25.7 Å². The third-order valence-electron chi connectivity index (χ3n) is 4.08. The fraction of sp³-hybridized carbons (Fsp3) is 0.923. The normalized spacial score (nSPS) is 28.2. The minimum absolute atomic E-state index is 0.0850. The summed E-state index contributed by atoms with van der Waals surface area (Å²) in [4.78, 5) is 16.4. The fourth-order valence-electron chi connectivity index (χ4n) is 2.32. The highest BCUT2D eigenvalue weighted by Gasteiger charge is 2.30.